The first kappa shape index (κ1) is 9.34. The van der Waals surface area contributed by atoms with Crippen LogP contribution in [-0.4, -0.2) is 16.4 Å². The summed E-state index contributed by atoms with van der Waals surface area (Å²) in [6.45, 7) is 0. The van der Waals surface area contributed by atoms with Gasteiger partial charge in [0.15, 0.2) is 6.23 Å². The van der Waals surface area contributed by atoms with Gasteiger partial charge in [0.1, 0.15) is 0 Å². The first-order valence-corrected chi connectivity index (χ1v) is 3.77. The van der Waals surface area contributed by atoms with Gasteiger partial charge in [-0.25, -0.2) is 0 Å². The molecule has 5 heteroatoms. The van der Waals surface area contributed by atoms with Crippen LogP contribution in [0.1, 0.15) is 0 Å². The van der Waals surface area contributed by atoms with Gasteiger partial charge < -0.3 is 10.5 Å². The van der Waals surface area contributed by atoms with Crippen LogP contribution in [0.3, 0.4) is 0 Å². The smallest absolute Gasteiger partial charge is 0.187 e. The summed E-state index contributed by atoms with van der Waals surface area (Å²) in [5, 5.41) is 6.21. The Bertz CT molecular complexity index is 261. The molecule has 13 heavy (non-hydrogen) atoms. The van der Waals surface area contributed by atoms with Crippen LogP contribution in [0.5, 0.6) is 0 Å². The monoisotopic (exact) mass is 180 g/mol. The highest BCUT2D eigenvalue weighted by Gasteiger charge is 2.04. The molecule has 0 saturated heterocycles. The van der Waals surface area contributed by atoms with Crippen LogP contribution in [0.4, 0.5) is 0 Å². The number of hydrogen-bond donors (Lipinski definition) is 3. The summed E-state index contributed by atoms with van der Waals surface area (Å²) >= 11 is 0. The van der Waals surface area contributed by atoms with Crippen LogP contribution in [0.25, 0.3) is 0 Å². The first-order chi connectivity index (χ1) is 6.30. The van der Waals surface area contributed by atoms with E-state index in [1.807, 2.05) is 6.07 Å². The summed E-state index contributed by atoms with van der Waals surface area (Å²) in [4.78, 5) is 0. The van der Waals surface area contributed by atoms with E-state index >= 15 is 0 Å². The van der Waals surface area contributed by atoms with E-state index < -0.39 is 6.23 Å². The number of rotatable bonds is 0. The number of nitrogens with two attached hydrogens (primary N) is 2. The SMILES string of the molecule is NC1=CC=COC1N.c1cn[nH]c1. The fourth-order valence-electron chi connectivity index (χ4n) is 0.669. The number of nitrogens with one attached hydrogen (secondary N) is 1. The van der Waals surface area contributed by atoms with Gasteiger partial charge in [-0.3, -0.25) is 10.8 Å². The van der Waals surface area contributed by atoms with Gasteiger partial charge >= 0.3 is 0 Å². The van der Waals surface area contributed by atoms with Gasteiger partial charge in [0.2, 0.25) is 0 Å². The predicted octanol–water partition coefficient (Wildman–Crippen LogP) is 0.0674. The minimum atomic E-state index is -0.444. The molecule has 0 spiro atoms. The van der Waals surface area contributed by atoms with Crippen molar-refractivity contribution >= 4 is 0 Å². The van der Waals surface area contributed by atoms with Crippen molar-refractivity contribution in [3.8, 4) is 0 Å². The summed E-state index contributed by atoms with van der Waals surface area (Å²) in [6.07, 6.45) is 7.95. The van der Waals surface area contributed by atoms with E-state index in [2.05, 4.69) is 10.2 Å². The molecular weight excluding hydrogens is 168 g/mol. The van der Waals surface area contributed by atoms with E-state index in [0.29, 0.717) is 5.70 Å². The lowest BCUT2D eigenvalue weighted by Gasteiger charge is -2.13. The lowest BCUT2D eigenvalue weighted by molar-refractivity contribution is 0.177. The Morgan fingerprint density at radius 1 is 1.54 bits per heavy atom. The molecule has 0 bridgehead atoms. The second-order valence-corrected chi connectivity index (χ2v) is 2.32. The molecule has 0 saturated carbocycles. The van der Waals surface area contributed by atoms with Gasteiger partial charge in [0.05, 0.1) is 12.0 Å². The summed E-state index contributed by atoms with van der Waals surface area (Å²) in [5.74, 6) is 0. The molecule has 5 nitrogen and oxygen atoms in total. The number of nitrogens with zero attached hydrogens (tertiary/aromatic N) is 1. The lowest BCUT2D eigenvalue weighted by Crippen LogP contribution is -2.29. The number of ether oxygens (including phenoxy) is 1. The Morgan fingerprint density at radius 2 is 2.38 bits per heavy atom. The van der Waals surface area contributed by atoms with Gasteiger partial charge in [-0.1, -0.05) is 0 Å². The Balaban J connectivity index is 0.000000145. The standard InChI is InChI=1S/C5H8N2O.C3H4N2/c6-4-2-1-3-8-5(4)7;1-2-4-5-3-1/h1-3,5H,6-7H2;1-3H,(H,4,5). The van der Waals surface area contributed by atoms with Crippen LogP contribution in [0, 0.1) is 0 Å². The molecule has 1 aromatic rings. The van der Waals surface area contributed by atoms with Crippen LogP contribution in [-0.2, 0) is 4.74 Å². The largest absolute Gasteiger partial charge is 0.477 e. The van der Waals surface area contributed by atoms with E-state index in [-0.39, 0.29) is 0 Å². The molecule has 1 aliphatic rings. The van der Waals surface area contributed by atoms with Crippen LogP contribution < -0.4 is 11.5 Å². The maximum absolute atomic E-state index is 5.34. The third kappa shape index (κ3) is 3.44. The van der Waals surface area contributed by atoms with E-state index in [9.17, 15) is 0 Å². The molecule has 5 N–H and O–H groups in total. The van der Waals surface area contributed by atoms with E-state index in [0.717, 1.165) is 0 Å². The van der Waals surface area contributed by atoms with Crippen molar-refractivity contribution in [3.63, 3.8) is 0 Å². The maximum Gasteiger partial charge on any atom is 0.187 e. The van der Waals surface area contributed by atoms with Gasteiger partial charge in [0, 0.05) is 12.4 Å². The summed E-state index contributed by atoms with van der Waals surface area (Å²) in [6, 6.07) is 1.83. The minimum absolute atomic E-state index is 0.444. The zero-order valence-electron chi connectivity index (χ0n) is 7.05. The third-order valence-corrected chi connectivity index (χ3v) is 1.33. The summed E-state index contributed by atoms with van der Waals surface area (Å²) in [5.41, 5.74) is 11.2. The zero-order valence-corrected chi connectivity index (χ0v) is 7.05. The quantitative estimate of drug-likeness (QED) is 0.527. The van der Waals surface area contributed by atoms with Gasteiger partial charge in [0.25, 0.3) is 0 Å². The molecule has 0 aliphatic carbocycles. The van der Waals surface area contributed by atoms with E-state index in [1.54, 1.807) is 24.5 Å². The van der Waals surface area contributed by atoms with Crippen molar-refractivity contribution in [1.82, 2.24) is 10.2 Å². The van der Waals surface area contributed by atoms with Crippen LogP contribution in [0.2, 0.25) is 0 Å². The fraction of sp³-hybridized carbons (Fsp3) is 0.125. The number of hydrogen-bond acceptors (Lipinski definition) is 4. The molecule has 70 valence electrons. The number of aromatic amines is 1. The fourth-order valence-corrected chi connectivity index (χ4v) is 0.669. The molecular formula is C8H12N4O. The Kier molecular flexibility index (Phi) is 3.59. The second-order valence-electron chi connectivity index (χ2n) is 2.32. The van der Waals surface area contributed by atoms with Crippen LogP contribution >= 0.6 is 0 Å². The van der Waals surface area contributed by atoms with Gasteiger partial charge in [-0.15, -0.1) is 0 Å². The second kappa shape index (κ2) is 5.00. The van der Waals surface area contributed by atoms with Crippen molar-refractivity contribution in [3.05, 3.63) is 42.6 Å². The Morgan fingerprint density at radius 3 is 2.69 bits per heavy atom. The summed E-state index contributed by atoms with van der Waals surface area (Å²) < 4.78 is 4.79. The first-order valence-electron chi connectivity index (χ1n) is 3.77. The maximum atomic E-state index is 5.34. The zero-order chi connectivity index (χ0) is 9.52. The highest BCUT2D eigenvalue weighted by Crippen LogP contribution is 2.00. The molecule has 0 aromatic carbocycles. The molecule has 2 heterocycles. The van der Waals surface area contributed by atoms with Crippen molar-refractivity contribution < 1.29 is 4.74 Å². The molecule has 0 fully saturated rings. The molecule has 2 rings (SSSR count). The van der Waals surface area contributed by atoms with Crippen LogP contribution in [0.15, 0.2) is 42.6 Å². The molecule has 1 aliphatic heterocycles. The lowest BCUT2D eigenvalue weighted by atomic mass is 10.3. The molecule has 0 radical (unpaired) electrons. The Labute approximate surface area is 76.1 Å². The average Bonchev–Trinajstić information content (AvgIpc) is 2.68. The van der Waals surface area contributed by atoms with Gasteiger partial charge in [-0.2, -0.15) is 5.10 Å². The molecule has 1 aromatic heterocycles. The topological polar surface area (TPSA) is 89.9 Å². The van der Waals surface area contributed by atoms with E-state index in [4.69, 9.17) is 16.2 Å². The minimum Gasteiger partial charge on any atom is -0.477 e. The molecule has 1 unspecified atom stereocenters. The van der Waals surface area contributed by atoms with Crippen molar-refractivity contribution in [2.24, 2.45) is 11.5 Å². The van der Waals surface area contributed by atoms with Gasteiger partial charge in [-0.05, 0) is 18.2 Å². The Hall–Kier alpha value is -1.75. The normalized spacial score (nSPS) is 19.5. The van der Waals surface area contributed by atoms with Crippen molar-refractivity contribution in [2.75, 3.05) is 0 Å². The molecule has 0 amide bonds. The third-order valence-electron chi connectivity index (χ3n) is 1.33. The molecule has 1 atom stereocenters. The van der Waals surface area contributed by atoms with Crippen molar-refractivity contribution in [2.45, 2.75) is 6.23 Å². The number of allylic oxidation sites excluding steroid dienone is 2. The highest BCUT2D eigenvalue weighted by atomic mass is 16.5. The van der Waals surface area contributed by atoms with E-state index in [1.165, 1.54) is 6.26 Å². The van der Waals surface area contributed by atoms with Crippen molar-refractivity contribution in [1.29, 1.82) is 0 Å². The highest BCUT2D eigenvalue weighted by molar-refractivity contribution is 5.14. The number of H-pyrrole nitrogens is 1. The predicted molar refractivity (Wildman–Crippen MR) is 49.1 cm³/mol. The summed E-state index contributed by atoms with van der Waals surface area (Å²) in [7, 11) is 0. The average molecular weight is 180 g/mol. The number of aromatic nitrogens is 2.